The molecule has 0 amide bonds. The van der Waals surface area contributed by atoms with E-state index in [4.69, 9.17) is 0 Å². The fourth-order valence-electron chi connectivity index (χ4n) is 2.98. The van der Waals surface area contributed by atoms with Crippen LogP contribution >= 0.6 is 0 Å². The number of nitrogens with zero attached hydrogens (tertiary/aromatic N) is 4. The number of non-ortho nitro benzene ring substituents is 1. The summed E-state index contributed by atoms with van der Waals surface area (Å²) in [7, 11) is 0. The van der Waals surface area contributed by atoms with Crippen molar-refractivity contribution >= 4 is 11.5 Å². The lowest BCUT2D eigenvalue weighted by atomic mass is 10.0. The number of hydrogen-bond donors (Lipinski definition) is 0. The van der Waals surface area contributed by atoms with Crippen molar-refractivity contribution < 1.29 is 9.72 Å². The van der Waals surface area contributed by atoms with Gasteiger partial charge in [-0.25, -0.2) is 0 Å². The fraction of sp³-hybridized carbons (Fsp3) is 0.0455. The molecule has 0 aliphatic rings. The molecule has 29 heavy (non-hydrogen) atoms. The molecule has 142 valence electrons. The van der Waals surface area contributed by atoms with Crippen LogP contribution in [0.15, 0.2) is 84.9 Å². The minimum atomic E-state index is -0.459. The van der Waals surface area contributed by atoms with Crippen molar-refractivity contribution in [2.45, 2.75) is 6.42 Å². The Bertz CT molecular complexity index is 1150. The molecule has 0 bridgehead atoms. The summed E-state index contributed by atoms with van der Waals surface area (Å²) in [5.41, 5.74) is 3.17. The van der Waals surface area contributed by atoms with Crippen LogP contribution in [0.5, 0.6) is 0 Å². The normalized spacial score (nSPS) is 10.6. The van der Waals surface area contributed by atoms with Gasteiger partial charge in [-0.1, -0.05) is 60.7 Å². The molecule has 0 saturated carbocycles. The van der Waals surface area contributed by atoms with Gasteiger partial charge in [-0.2, -0.15) is 9.90 Å². The van der Waals surface area contributed by atoms with Crippen molar-refractivity contribution in [3.05, 3.63) is 106 Å². The van der Waals surface area contributed by atoms with Gasteiger partial charge in [-0.05, 0) is 12.1 Å². The number of carbonyl (C=O) groups is 1. The summed E-state index contributed by atoms with van der Waals surface area (Å²) in [6, 6.07) is 24.5. The van der Waals surface area contributed by atoms with E-state index in [1.54, 1.807) is 24.3 Å². The van der Waals surface area contributed by atoms with Gasteiger partial charge in [0.1, 0.15) is 5.69 Å². The molecule has 0 radical (unpaired) electrons. The van der Waals surface area contributed by atoms with E-state index in [2.05, 4.69) is 10.2 Å². The minimum absolute atomic E-state index is 0.0105. The van der Waals surface area contributed by atoms with Crippen molar-refractivity contribution in [2.75, 3.05) is 0 Å². The lowest BCUT2D eigenvalue weighted by Gasteiger charge is -2.01. The summed E-state index contributed by atoms with van der Waals surface area (Å²) in [5.74, 6) is -0.0569. The topological polar surface area (TPSA) is 90.9 Å². The van der Waals surface area contributed by atoms with E-state index in [9.17, 15) is 14.9 Å². The lowest BCUT2D eigenvalue weighted by molar-refractivity contribution is -0.384. The molecule has 1 aromatic heterocycles. The van der Waals surface area contributed by atoms with Crippen LogP contribution in [0.3, 0.4) is 0 Å². The molecule has 1 heterocycles. The highest BCUT2D eigenvalue weighted by atomic mass is 16.6. The fourth-order valence-corrected chi connectivity index (χ4v) is 2.98. The second-order valence-corrected chi connectivity index (χ2v) is 6.39. The molecule has 0 unspecified atom stereocenters. The average molecular weight is 384 g/mol. The van der Waals surface area contributed by atoms with E-state index in [0.717, 1.165) is 5.56 Å². The molecule has 4 rings (SSSR count). The van der Waals surface area contributed by atoms with Crippen LogP contribution in [0, 0.1) is 10.1 Å². The minimum Gasteiger partial charge on any atom is -0.294 e. The van der Waals surface area contributed by atoms with E-state index < -0.39 is 4.92 Å². The van der Waals surface area contributed by atoms with Crippen molar-refractivity contribution in [2.24, 2.45) is 0 Å². The predicted octanol–water partition coefficient (Wildman–Crippen LogP) is 4.27. The van der Waals surface area contributed by atoms with E-state index >= 15 is 0 Å². The number of ketones is 1. The molecule has 7 nitrogen and oxygen atoms in total. The van der Waals surface area contributed by atoms with Crippen LogP contribution in [0.25, 0.3) is 16.9 Å². The third-order valence-corrected chi connectivity index (χ3v) is 4.45. The van der Waals surface area contributed by atoms with Gasteiger partial charge in [0.05, 0.1) is 22.7 Å². The van der Waals surface area contributed by atoms with E-state index in [-0.39, 0.29) is 17.9 Å². The summed E-state index contributed by atoms with van der Waals surface area (Å²) < 4.78 is 0. The highest BCUT2D eigenvalue weighted by Crippen LogP contribution is 2.23. The van der Waals surface area contributed by atoms with Gasteiger partial charge in [0.25, 0.3) is 5.69 Å². The monoisotopic (exact) mass is 384 g/mol. The Morgan fingerprint density at radius 2 is 1.48 bits per heavy atom. The first kappa shape index (κ1) is 18.2. The Morgan fingerprint density at radius 1 is 0.862 bits per heavy atom. The van der Waals surface area contributed by atoms with Gasteiger partial charge in [-0.15, -0.1) is 5.10 Å². The summed E-state index contributed by atoms with van der Waals surface area (Å²) in [6.07, 6.45) is 0.0984. The first-order valence-electron chi connectivity index (χ1n) is 8.96. The van der Waals surface area contributed by atoms with Crippen LogP contribution in [0.4, 0.5) is 5.69 Å². The Balaban J connectivity index is 1.73. The standard InChI is InChI=1S/C22H16N4O3/c27-21(16-7-3-1-4-8-16)15-20-22(17-9-5-2-6-10-17)24-25(23-20)18-11-13-19(14-12-18)26(28)29/h1-14H,15H2. The number of rotatable bonds is 6. The van der Waals surface area contributed by atoms with Gasteiger partial charge in [-0.3, -0.25) is 14.9 Å². The highest BCUT2D eigenvalue weighted by molar-refractivity contribution is 5.97. The lowest BCUT2D eigenvalue weighted by Crippen LogP contribution is -2.05. The molecule has 7 heteroatoms. The SMILES string of the molecule is O=C(Cc1nn(-c2ccc([N+](=O)[O-])cc2)nc1-c1ccccc1)c1ccccc1. The van der Waals surface area contributed by atoms with E-state index in [1.165, 1.54) is 16.9 Å². The zero-order valence-corrected chi connectivity index (χ0v) is 15.3. The molecule has 0 fully saturated rings. The number of aromatic nitrogens is 3. The number of carbonyl (C=O) groups excluding carboxylic acids is 1. The van der Waals surface area contributed by atoms with Crippen molar-refractivity contribution in [3.63, 3.8) is 0 Å². The summed E-state index contributed by atoms with van der Waals surface area (Å²) >= 11 is 0. The maximum atomic E-state index is 12.7. The van der Waals surface area contributed by atoms with Gasteiger partial charge in [0.15, 0.2) is 5.78 Å². The van der Waals surface area contributed by atoms with E-state index in [0.29, 0.717) is 22.6 Å². The second-order valence-electron chi connectivity index (χ2n) is 6.39. The summed E-state index contributed by atoms with van der Waals surface area (Å²) in [5, 5.41) is 19.9. The molecular formula is C22H16N4O3. The maximum absolute atomic E-state index is 12.7. The molecule has 0 atom stereocenters. The number of nitro benzene ring substituents is 1. The largest absolute Gasteiger partial charge is 0.294 e. The van der Waals surface area contributed by atoms with Gasteiger partial charge in [0.2, 0.25) is 0 Å². The number of hydrogen-bond acceptors (Lipinski definition) is 5. The van der Waals surface area contributed by atoms with E-state index in [1.807, 2.05) is 48.5 Å². The smallest absolute Gasteiger partial charge is 0.269 e. The molecule has 4 aromatic rings. The van der Waals surface area contributed by atoms with Crippen molar-refractivity contribution in [3.8, 4) is 16.9 Å². The predicted molar refractivity (Wildman–Crippen MR) is 108 cm³/mol. The Labute approximate surface area is 166 Å². The molecule has 0 spiro atoms. The van der Waals surface area contributed by atoms with Gasteiger partial charge < -0.3 is 0 Å². The zero-order chi connectivity index (χ0) is 20.2. The number of benzene rings is 3. The molecule has 3 aromatic carbocycles. The molecule has 0 N–H and O–H groups in total. The summed E-state index contributed by atoms with van der Waals surface area (Å²) in [4.78, 5) is 24.5. The Hall–Kier alpha value is -4.13. The molecule has 0 aliphatic heterocycles. The van der Waals surface area contributed by atoms with Crippen LogP contribution in [-0.2, 0) is 6.42 Å². The van der Waals surface area contributed by atoms with Gasteiger partial charge in [0, 0.05) is 23.3 Å². The highest BCUT2D eigenvalue weighted by Gasteiger charge is 2.18. The van der Waals surface area contributed by atoms with Crippen molar-refractivity contribution in [1.29, 1.82) is 0 Å². The average Bonchev–Trinajstić information content (AvgIpc) is 3.19. The maximum Gasteiger partial charge on any atom is 0.269 e. The van der Waals surface area contributed by atoms with Crippen molar-refractivity contribution in [1.82, 2.24) is 15.0 Å². The third kappa shape index (κ3) is 3.93. The van der Waals surface area contributed by atoms with Gasteiger partial charge >= 0.3 is 0 Å². The first-order chi connectivity index (χ1) is 14.1. The zero-order valence-electron chi connectivity index (χ0n) is 15.3. The van der Waals surface area contributed by atoms with Crippen LogP contribution in [0.2, 0.25) is 0 Å². The molecule has 0 saturated heterocycles. The first-order valence-corrected chi connectivity index (χ1v) is 8.96. The third-order valence-electron chi connectivity index (χ3n) is 4.45. The van der Waals surface area contributed by atoms with Crippen LogP contribution in [0.1, 0.15) is 16.1 Å². The van der Waals surface area contributed by atoms with Crippen LogP contribution in [-0.4, -0.2) is 25.7 Å². The van der Waals surface area contributed by atoms with Crippen LogP contribution < -0.4 is 0 Å². The Kier molecular flexibility index (Phi) is 4.94. The molecule has 0 aliphatic carbocycles. The number of nitro groups is 1. The molecular weight excluding hydrogens is 368 g/mol. The quantitative estimate of drug-likeness (QED) is 0.281. The number of Topliss-reactive ketones (excluding diaryl/α,β-unsaturated/α-hetero) is 1. The second kappa shape index (κ2) is 7.85. The Morgan fingerprint density at radius 3 is 2.10 bits per heavy atom. The summed E-state index contributed by atoms with van der Waals surface area (Å²) in [6.45, 7) is 0.